The van der Waals surface area contributed by atoms with Crippen LogP contribution in [-0.4, -0.2) is 34.4 Å². The minimum atomic E-state index is -0.829. The van der Waals surface area contributed by atoms with Gasteiger partial charge in [0.1, 0.15) is 0 Å². The number of halogens is 2. The summed E-state index contributed by atoms with van der Waals surface area (Å²) in [5.41, 5.74) is 1.81. The SMILES string of the molecule is Cc1cccc([C@@H]2CN(Cc3cccc(F)c3F)C[C@]23CCCC(=O)N3)n1. The number of nitrogens with zero attached hydrogens (tertiary/aromatic N) is 2. The first kappa shape index (κ1) is 18.0. The van der Waals surface area contributed by atoms with Crippen LogP contribution in [0, 0.1) is 18.6 Å². The molecular weight excluding hydrogens is 348 g/mol. The summed E-state index contributed by atoms with van der Waals surface area (Å²) >= 11 is 0. The Bertz CT molecular complexity index is 872. The van der Waals surface area contributed by atoms with E-state index in [0.29, 0.717) is 31.6 Å². The molecular formula is C21H23F2N3O. The molecule has 0 saturated carbocycles. The maximum Gasteiger partial charge on any atom is 0.220 e. The number of hydrogen-bond donors (Lipinski definition) is 1. The number of benzene rings is 1. The standard InChI is InChI=1S/C21H23F2N3O/c1-14-5-2-8-18(24-14)16-12-26(11-15-6-3-7-17(22)20(15)23)13-21(16)10-4-9-19(27)25-21/h2-3,5-8,16H,4,9-13H2,1H3,(H,25,27)/t16-,21+/m0/s1. The molecule has 1 N–H and O–H groups in total. The van der Waals surface area contributed by atoms with Crippen molar-refractivity contribution in [2.24, 2.45) is 0 Å². The van der Waals surface area contributed by atoms with Gasteiger partial charge in [0, 0.05) is 48.9 Å². The minimum Gasteiger partial charge on any atom is -0.349 e. The molecule has 142 valence electrons. The number of carbonyl (C=O) groups excluding carboxylic acids is 1. The summed E-state index contributed by atoms with van der Waals surface area (Å²) in [6.07, 6.45) is 2.23. The lowest BCUT2D eigenvalue weighted by Crippen LogP contribution is -2.56. The van der Waals surface area contributed by atoms with E-state index < -0.39 is 17.2 Å². The molecule has 6 heteroatoms. The van der Waals surface area contributed by atoms with Crippen LogP contribution < -0.4 is 5.32 Å². The number of nitrogens with one attached hydrogen (secondary N) is 1. The highest BCUT2D eigenvalue weighted by molar-refractivity contribution is 5.78. The number of amides is 1. The third-order valence-corrected chi connectivity index (χ3v) is 5.72. The van der Waals surface area contributed by atoms with Crippen LogP contribution in [0.3, 0.4) is 0 Å². The van der Waals surface area contributed by atoms with Gasteiger partial charge in [0.15, 0.2) is 11.6 Å². The highest BCUT2D eigenvalue weighted by atomic mass is 19.2. The lowest BCUT2D eigenvalue weighted by molar-refractivity contribution is -0.125. The summed E-state index contributed by atoms with van der Waals surface area (Å²) < 4.78 is 27.7. The Labute approximate surface area is 157 Å². The quantitative estimate of drug-likeness (QED) is 0.900. The molecule has 3 heterocycles. The van der Waals surface area contributed by atoms with Gasteiger partial charge >= 0.3 is 0 Å². The molecule has 0 radical (unpaired) electrons. The Morgan fingerprint density at radius 3 is 2.85 bits per heavy atom. The van der Waals surface area contributed by atoms with Gasteiger partial charge in [-0.05, 0) is 38.0 Å². The molecule has 2 aliphatic rings. The molecule has 2 fully saturated rings. The Morgan fingerprint density at radius 1 is 1.26 bits per heavy atom. The topological polar surface area (TPSA) is 45.2 Å². The summed E-state index contributed by atoms with van der Waals surface area (Å²) in [5, 5.41) is 3.21. The van der Waals surface area contributed by atoms with Crippen molar-refractivity contribution in [3.63, 3.8) is 0 Å². The van der Waals surface area contributed by atoms with Crippen molar-refractivity contribution in [1.82, 2.24) is 15.2 Å². The highest BCUT2D eigenvalue weighted by Crippen LogP contribution is 2.41. The molecule has 0 aliphatic carbocycles. The number of aromatic nitrogens is 1. The zero-order chi connectivity index (χ0) is 19.0. The van der Waals surface area contributed by atoms with Crippen molar-refractivity contribution in [2.75, 3.05) is 13.1 Å². The molecule has 0 unspecified atom stereocenters. The van der Waals surface area contributed by atoms with Crippen LogP contribution in [0.5, 0.6) is 0 Å². The van der Waals surface area contributed by atoms with Crippen molar-refractivity contribution < 1.29 is 13.6 Å². The highest BCUT2D eigenvalue weighted by Gasteiger charge is 2.50. The second kappa shape index (κ2) is 7.00. The van der Waals surface area contributed by atoms with E-state index in [1.807, 2.05) is 25.1 Å². The number of hydrogen-bond acceptors (Lipinski definition) is 3. The fourth-order valence-corrected chi connectivity index (χ4v) is 4.52. The van der Waals surface area contributed by atoms with E-state index in [9.17, 15) is 13.6 Å². The maximum absolute atomic E-state index is 14.1. The lowest BCUT2D eigenvalue weighted by atomic mass is 9.78. The maximum atomic E-state index is 14.1. The molecule has 2 saturated heterocycles. The van der Waals surface area contributed by atoms with Crippen LogP contribution in [0.2, 0.25) is 0 Å². The van der Waals surface area contributed by atoms with Crippen molar-refractivity contribution in [1.29, 1.82) is 0 Å². The number of piperidine rings is 1. The molecule has 27 heavy (non-hydrogen) atoms. The van der Waals surface area contributed by atoms with E-state index in [4.69, 9.17) is 4.98 Å². The molecule has 1 spiro atoms. The van der Waals surface area contributed by atoms with Crippen molar-refractivity contribution >= 4 is 5.91 Å². The zero-order valence-corrected chi connectivity index (χ0v) is 15.3. The third-order valence-electron chi connectivity index (χ3n) is 5.72. The van der Waals surface area contributed by atoms with Crippen LogP contribution >= 0.6 is 0 Å². The van der Waals surface area contributed by atoms with Gasteiger partial charge in [0.05, 0.1) is 5.54 Å². The average Bonchev–Trinajstić information content (AvgIpc) is 2.96. The number of likely N-dealkylation sites (tertiary alicyclic amines) is 1. The zero-order valence-electron chi connectivity index (χ0n) is 15.3. The second-order valence-corrected chi connectivity index (χ2v) is 7.70. The molecule has 4 rings (SSSR count). The van der Waals surface area contributed by atoms with Crippen LogP contribution in [0.4, 0.5) is 8.78 Å². The predicted octanol–water partition coefficient (Wildman–Crippen LogP) is 3.31. The first-order valence-corrected chi connectivity index (χ1v) is 9.37. The molecule has 2 aliphatic heterocycles. The van der Waals surface area contributed by atoms with E-state index >= 15 is 0 Å². The van der Waals surface area contributed by atoms with Gasteiger partial charge < -0.3 is 5.32 Å². The molecule has 2 aromatic rings. The Balaban J connectivity index is 1.65. The van der Waals surface area contributed by atoms with Crippen LogP contribution in [-0.2, 0) is 11.3 Å². The summed E-state index contributed by atoms with van der Waals surface area (Å²) in [6.45, 7) is 3.51. The van der Waals surface area contributed by atoms with E-state index in [1.54, 1.807) is 6.07 Å². The average molecular weight is 371 g/mol. The molecule has 1 aromatic carbocycles. The largest absolute Gasteiger partial charge is 0.349 e. The molecule has 2 atom stereocenters. The number of pyridine rings is 1. The summed E-state index contributed by atoms with van der Waals surface area (Å²) in [4.78, 5) is 19.0. The van der Waals surface area contributed by atoms with E-state index in [1.165, 1.54) is 6.07 Å². The van der Waals surface area contributed by atoms with Crippen molar-refractivity contribution in [3.8, 4) is 0 Å². The van der Waals surface area contributed by atoms with Crippen LogP contribution in [0.25, 0.3) is 0 Å². The van der Waals surface area contributed by atoms with Crippen molar-refractivity contribution in [2.45, 2.75) is 44.2 Å². The van der Waals surface area contributed by atoms with Gasteiger partial charge in [-0.3, -0.25) is 14.7 Å². The van der Waals surface area contributed by atoms with Gasteiger partial charge in [-0.1, -0.05) is 18.2 Å². The molecule has 1 amide bonds. The van der Waals surface area contributed by atoms with Crippen LogP contribution in [0.15, 0.2) is 36.4 Å². The van der Waals surface area contributed by atoms with Gasteiger partial charge in [-0.2, -0.15) is 0 Å². The first-order valence-electron chi connectivity index (χ1n) is 9.37. The Kier molecular flexibility index (Phi) is 4.68. The lowest BCUT2D eigenvalue weighted by Gasteiger charge is -2.39. The number of rotatable bonds is 3. The van der Waals surface area contributed by atoms with Crippen LogP contribution in [0.1, 0.15) is 42.1 Å². The Morgan fingerprint density at radius 2 is 2.07 bits per heavy atom. The predicted molar refractivity (Wildman–Crippen MR) is 98.1 cm³/mol. The Hall–Kier alpha value is -2.34. The summed E-state index contributed by atoms with van der Waals surface area (Å²) in [6, 6.07) is 10.2. The van der Waals surface area contributed by atoms with E-state index in [2.05, 4.69) is 10.2 Å². The summed E-state index contributed by atoms with van der Waals surface area (Å²) in [7, 11) is 0. The van der Waals surface area contributed by atoms with Gasteiger partial charge in [-0.15, -0.1) is 0 Å². The van der Waals surface area contributed by atoms with Gasteiger partial charge in [-0.25, -0.2) is 8.78 Å². The fraction of sp³-hybridized carbons (Fsp3) is 0.429. The normalized spacial score (nSPS) is 25.7. The van der Waals surface area contributed by atoms with Crippen molar-refractivity contribution in [3.05, 3.63) is 65.0 Å². The minimum absolute atomic E-state index is 0.0262. The second-order valence-electron chi connectivity index (χ2n) is 7.70. The molecule has 1 aromatic heterocycles. The van der Waals surface area contributed by atoms with E-state index in [-0.39, 0.29) is 11.8 Å². The summed E-state index contributed by atoms with van der Waals surface area (Å²) in [5.74, 6) is -1.54. The number of aryl methyl sites for hydroxylation is 1. The third kappa shape index (κ3) is 3.46. The monoisotopic (exact) mass is 371 g/mol. The fourth-order valence-electron chi connectivity index (χ4n) is 4.52. The first-order chi connectivity index (χ1) is 13.0. The molecule has 0 bridgehead atoms. The number of carbonyl (C=O) groups is 1. The van der Waals surface area contributed by atoms with E-state index in [0.717, 1.165) is 30.3 Å². The van der Waals surface area contributed by atoms with Gasteiger partial charge in [0.2, 0.25) is 5.91 Å². The smallest absolute Gasteiger partial charge is 0.220 e. The van der Waals surface area contributed by atoms with Gasteiger partial charge in [0.25, 0.3) is 0 Å². The molecule has 4 nitrogen and oxygen atoms in total.